The molecular weight excluding hydrogens is 336 g/mol. The van der Waals surface area contributed by atoms with Crippen molar-refractivity contribution in [1.82, 2.24) is 10.6 Å². The summed E-state index contributed by atoms with van der Waals surface area (Å²) in [5.74, 6) is -1.40. The fourth-order valence-corrected chi connectivity index (χ4v) is 2.17. The first kappa shape index (κ1) is 21.2. The van der Waals surface area contributed by atoms with Gasteiger partial charge in [-0.15, -0.1) is 6.58 Å². The molecule has 0 unspecified atom stereocenters. The lowest BCUT2D eigenvalue weighted by Gasteiger charge is -2.23. The van der Waals surface area contributed by atoms with Crippen LogP contribution in [0.3, 0.4) is 0 Å². The van der Waals surface area contributed by atoms with Crippen LogP contribution in [0.1, 0.15) is 31.1 Å². The Balaban J connectivity index is 2.82. The van der Waals surface area contributed by atoms with E-state index in [0.29, 0.717) is 11.3 Å². The van der Waals surface area contributed by atoms with Crippen molar-refractivity contribution in [2.24, 2.45) is 5.92 Å². The molecule has 0 saturated heterocycles. The second-order valence-electron chi connectivity index (χ2n) is 6.01. The van der Waals surface area contributed by atoms with Crippen molar-refractivity contribution in [1.29, 1.82) is 0 Å². The van der Waals surface area contributed by atoms with Gasteiger partial charge in [0.15, 0.2) is 6.10 Å². The number of carbonyl (C=O) groups excluding carboxylic acids is 3. The van der Waals surface area contributed by atoms with Gasteiger partial charge in [-0.1, -0.05) is 32.1 Å². The van der Waals surface area contributed by atoms with E-state index in [4.69, 9.17) is 9.47 Å². The third kappa shape index (κ3) is 5.91. The molecule has 26 heavy (non-hydrogen) atoms. The maximum absolute atomic E-state index is 12.5. The van der Waals surface area contributed by atoms with Crippen molar-refractivity contribution in [2.45, 2.75) is 32.9 Å². The molecule has 0 fully saturated rings. The van der Waals surface area contributed by atoms with Gasteiger partial charge in [0.25, 0.3) is 11.8 Å². The predicted octanol–water partition coefficient (Wildman–Crippen LogP) is 1.68. The van der Waals surface area contributed by atoms with Crippen LogP contribution >= 0.6 is 0 Å². The van der Waals surface area contributed by atoms with Crippen LogP contribution < -0.4 is 15.4 Å². The third-order valence-electron chi connectivity index (χ3n) is 3.64. The van der Waals surface area contributed by atoms with Gasteiger partial charge < -0.3 is 20.1 Å². The number of ether oxygens (including phenoxy) is 2. The van der Waals surface area contributed by atoms with Gasteiger partial charge in [0.2, 0.25) is 0 Å². The Hall–Kier alpha value is -2.83. The molecule has 7 heteroatoms. The van der Waals surface area contributed by atoms with Crippen LogP contribution in [0.5, 0.6) is 5.75 Å². The standard InChI is InChI=1S/C19H26N2O5/c1-6-11-20-17(22)13(4)26-19(24)16(12(2)3)21-18(23)14-9-7-8-10-15(14)25-5/h6-10,12-13,16H,1,11H2,2-5H3,(H,20,22)(H,21,23)/t13-,16+/m1/s1. The number of benzene rings is 1. The molecule has 2 atom stereocenters. The first-order chi connectivity index (χ1) is 12.3. The Morgan fingerprint density at radius 2 is 1.85 bits per heavy atom. The average molecular weight is 362 g/mol. The molecule has 0 aromatic heterocycles. The Labute approximate surface area is 153 Å². The molecular formula is C19H26N2O5. The lowest BCUT2D eigenvalue weighted by molar-refractivity contribution is -0.157. The lowest BCUT2D eigenvalue weighted by atomic mass is 10.0. The minimum Gasteiger partial charge on any atom is -0.496 e. The van der Waals surface area contributed by atoms with Crippen LogP contribution in [-0.4, -0.2) is 43.6 Å². The highest BCUT2D eigenvalue weighted by atomic mass is 16.5. The summed E-state index contributed by atoms with van der Waals surface area (Å²) in [6, 6.07) is 5.80. The molecule has 142 valence electrons. The average Bonchev–Trinajstić information content (AvgIpc) is 2.63. The van der Waals surface area contributed by atoms with Gasteiger partial charge in [-0.05, 0) is 25.0 Å². The molecule has 1 aromatic carbocycles. The van der Waals surface area contributed by atoms with Crippen molar-refractivity contribution >= 4 is 17.8 Å². The summed E-state index contributed by atoms with van der Waals surface area (Å²) < 4.78 is 10.4. The summed E-state index contributed by atoms with van der Waals surface area (Å²) in [6.07, 6.45) is 0.545. The first-order valence-corrected chi connectivity index (χ1v) is 8.34. The quantitative estimate of drug-likeness (QED) is 0.515. The third-order valence-corrected chi connectivity index (χ3v) is 3.64. The van der Waals surface area contributed by atoms with Crippen LogP contribution in [0.15, 0.2) is 36.9 Å². The van der Waals surface area contributed by atoms with Gasteiger partial charge in [-0.3, -0.25) is 9.59 Å². The molecule has 0 aliphatic carbocycles. The van der Waals surface area contributed by atoms with E-state index in [0.717, 1.165) is 0 Å². The molecule has 1 aromatic rings. The molecule has 0 aliphatic heterocycles. The highest BCUT2D eigenvalue weighted by molar-refractivity contribution is 5.99. The monoisotopic (exact) mass is 362 g/mol. The number of carbonyl (C=O) groups is 3. The Bertz CT molecular complexity index is 657. The SMILES string of the molecule is C=CCNC(=O)[C@@H](C)OC(=O)[C@@H](NC(=O)c1ccccc1OC)C(C)C. The molecule has 0 radical (unpaired) electrons. The van der Waals surface area contributed by atoms with E-state index >= 15 is 0 Å². The first-order valence-electron chi connectivity index (χ1n) is 8.34. The summed E-state index contributed by atoms with van der Waals surface area (Å²) in [5.41, 5.74) is 0.310. The summed E-state index contributed by atoms with van der Waals surface area (Å²) in [5, 5.41) is 5.20. The zero-order valence-electron chi connectivity index (χ0n) is 15.6. The van der Waals surface area contributed by atoms with Crippen molar-refractivity contribution in [3.05, 3.63) is 42.5 Å². The zero-order chi connectivity index (χ0) is 19.7. The van der Waals surface area contributed by atoms with E-state index in [2.05, 4.69) is 17.2 Å². The summed E-state index contributed by atoms with van der Waals surface area (Å²) in [6.45, 7) is 8.79. The summed E-state index contributed by atoms with van der Waals surface area (Å²) in [7, 11) is 1.46. The van der Waals surface area contributed by atoms with Gasteiger partial charge in [0.05, 0.1) is 12.7 Å². The normalized spacial score (nSPS) is 12.7. The van der Waals surface area contributed by atoms with Crippen LogP contribution in [-0.2, 0) is 14.3 Å². The van der Waals surface area contributed by atoms with Crippen LogP contribution in [0.2, 0.25) is 0 Å². The second-order valence-corrected chi connectivity index (χ2v) is 6.01. The minimum atomic E-state index is -0.980. The van der Waals surface area contributed by atoms with E-state index in [1.54, 1.807) is 38.1 Å². The topological polar surface area (TPSA) is 93.7 Å². The molecule has 0 saturated carbocycles. The van der Waals surface area contributed by atoms with Crippen molar-refractivity contribution in [3.8, 4) is 5.75 Å². The number of rotatable bonds is 9. The van der Waals surface area contributed by atoms with E-state index < -0.39 is 29.9 Å². The maximum atomic E-state index is 12.5. The highest BCUT2D eigenvalue weighted by Gasteiger charge is 2.29. The number of para-hydroxylation sites is 1. The van der Waals surface area contributed by atoms with E-state index in [1.807, 2.05) is 0 Å². The molecule has 0 aliphatic rings. The molecule has 1 rings (SSSR count). The van der Waals surface area contributed by atoms with Gasteiger partial charge in [0, 0.05) is 6.54 Å². The number of hydrogen-bond donors (Lipinski definition) is 2. The molecule has 0 heterocycles. The number of amides is 2. The molecule has 0 spiro atoms. The Kier molecular flexibility index (Phi) is 8.34. The fourth-order valence-electron chi connectivity index (χ4n) is 2.17. The number of esters is 1. The highest BCUT2D eigenvalue weighted by Crippen LogP contribution is 2.18. The Morgan fingerprint density at radius 3 is 2.42 bits per heavy atom. The summed E-state index contributed by atoms with van der Waals surface area (Å²) in [4.78, 5) is 36.8. The smallest absolute Gasteiger partial charge is 0.329 e. The van der Waals surface area contributed by atoms with E-state index in [1.165, 1.54) is 20.1 Å². The molecule has 2 amide bonds. The van der Waals surface area contributed by atoms with Gasteiger partial charge in [-0.25, -0.2) is 4.79 Å². The molecule has 0 bridgehead atoms. The largest absolute Gasteiger partial charge is 0.496 e. The molecule has 7 nitrogen and oxygen atoms in total. The van der Waals surface area contributed by atoms with E-state index in [-0.39, 0.29) is 12.5 Å². The number of nitrogens with one attached hydrogen (secondary N) is 2. The second kappa shape index (κ2) is 10.2. The van der Waals surface area contributed by atoms with Crippen LogP contribution in [0, 0.1) is 5.92 Å². The predicted molar refractivity (Wildman–Crippen MR) is 97.8 cm³/mol. The fraction of sp³-hybridized carbons (Fsp3) is 0.421. The number of hydrogen-bond acceptors (Lipinski definition) is 5. The van der Waals surface area contributed by atoms with Crippen molar-refractivity contribution < 1.29 is 23.9 Å². The van der Waals surface area contributed by atoms with Gasteiger partial charge in [-0.2, -0.15) is 0 Å². The number of methoxy groups -OCH3 is 1. The van der Waals surface area contributed by atoms with Gasteiger partial charge in [0.1, 0.15) is 11.8 Å². The van der Waals surface area contributed by atoms with E-state index in [9.17, 15) is 14.4 Å². The van der Waals surface area contributed by atoms with Crippen LogP contribution in [0.4, 0.5) is 0 Å². The van der Waals surface area contributed by atoms with Crippen molar-refractivity contribution in [3.63, 3.8) is 0 Å². The lowest BCUT2D eigenvalue weighted by Crippen LogP contribution is -2.47. The zero-order valence-corrected chi connectivity index (χ0v) is 15.6. The van der Waals surface area contributed by atoms with Gasteiger partial charge >= 0.3 is 5.97 Å². The molecule has 2 N–H and O–H groups in total. The Morgan fingerprint density at radius 1 is 1.19 bits per heavy atom. The van der Waals surface area contributed by atoms with Crippen molar-refractivity contribution in [2.75, 3.05) is 13.7 Å². The maximum Gasteiger partial charge on any atom is 0.329 e. The van der Waals surface area contributed by atoms with Crippen LogP contribution in [0.25, 0.3) is 0 Å². The summed E-state index contributed by atoms with van der Waals surface area (Å²) >= 11 is 0. The minimum absolute atomic E-state index is 0.232.